The lowest BCUT2D eigenvalue weighted by Crippen LogP contribution is -2.09. The van der Waals surface area contributed by atoms with Crippen molar-refractivity contribution in [2.75, 3.05) is 7.11 Å². The number of carbonyl (C=O) groups excluding carboxylic acids is 1. The molecule has 2 N–H and O–H groups in total. The van der Waals surface area contributed by atoms with Crippen molar-refractivity contribution in [2.45, 2.75) is 13.0 Å². The van der Waals surface area contributed by atoms with Crippen LogP contribution in [0.2, 0.25) is 0 Å². The third-order valence-corrected chi connectivity index (χ3v) is 3.40. The molecule has 6 heteroatoms. The minimum absolute atomic E-state index is 0.179. The molecule has 0 aromatic carbocycles. The summed E-state index contributed by atoms with van der Waals surface area (Å²) in [5.74, 6) is 0.188. The lowest BCUT2D eigenvalue weighted by atomic mass is 10.2. The second-order valence-electron chi connectivity index (χ2n) is 3.74. The SMILES string of the molecule is COc1cccnc1C(=O)c1csc(C(C)N)n1. The van der Waals surface area contributed by atoms with E-state index in [1.165, 1.54) is 18.4 Å². The number of thiazole rings is 1. The van der Waals surface area contributed by atoms with Gasteiger partial charge in [0.1, 0.15) is 16.5 Å². The Morgan fingerprint density at radius 2 is 2.33 bits per heavy atom. The van der Waals surface area contributed by atoms with E-state index in [4.69, 9.17) is 10.5 Å². The van der Waals surface area contributed by atoms with Gasteiger partial charge < -0.3 is 10.5 Å². The number of hydrogen-bond acceptors (Lipinski definition) is 6. The van der Waals surface area contributed by atoms with Gasteiger partial charge >= 0.3 is 0 Å². The van der Waals surface area contributed by atoms with E-state index < -0.39 is 0 Å². The molecule has 0 aliphatic heterocycles. The quantitative estimate of drug-likeness (QED) is 0.851. The predicted molar refractivity (Wildman–Crippen MR) is 68.9 cm³/mol. The Bertz CT molecular complexity index is 566. The van der Waals surface area contributed by atoms with Crippen LogP contribution in [0.5, 0.6) is 5.75 Å². The van der Waals surface area contributed by atoms with Crippen molar-refractivity contribution in [3.63, 3.8) is 0 Å². The normalized spacial score (nSPS) is 12.2. The van der Waals surface area contributed by atoms with Crippen molar-refractivity contribution in [3.05, 3.63) is 40.1 Å². The summed E-state index contributed by atoms with van der Waals surface area (Å²) in [5.41, 5.74) is 6.33. The Hall–Kier alpha value is -1.79. The van der Waals surface area contributed by atoms with Crippen molar-refractivity contribution in [1.82, 2.24) is 9.97 Å². The summed E-state index contributed by atoms with van der Waals surface area (Å²) in [6.45, 7) is 1.83. The van der Waals surface area contributed by atoms with E-state index in [1.807, 2.05) is 6.92 Å². The molecule has 0 fully saturated rings. The fourth-order valence-corrected chi connectivity index (χ4v) is 2.21. The number of ketones is 1. The van der Waals surface area contributed by atoms with Crippen molar-refractivity contribution >= 4 is 17.1 Å². The number of pyridine rings is 1. The average molecular weight is 263 g/mol. The van der Waals surface area contributed by atoms with Crippen LogP contribution in [0.15, 0.2) is 23.7 Å². The second kappa shape index (κ2) is 5.24. The number of carbonyl (C=O) groups is 1. The molecular formula is C12H13N3O2S. The first-order valence-corrected chi connectivity index (χ1v) is 6.26. The highest BCUT2D eigenvalue weighted by atomic mass is 32.1. The largest absolute Gasteiger partial charge is 0.494 e. The maximum Gasteiger partial charge on any atom is 0.234 e. The number of ether oxygens (including phenoxy) is 1. The molecule has 2 aromatic heterocycles. The highest BCUT2D eigenvalue weighted by Gasteiger charge is 2.19. The Balaban J connectivity index is 2.35. The van der Waals surface area contributed by atoms with E-state index in [-0.39, 0.29) is 17.5 Å². The molecule has 2 rings (SSSR count). The number of hydrogen-bond donors (Lipinski definition) is 1. The first kappa shape index (κ1) is 12.7. The molecule has 0 saturated carbocycles. The molecule has 18 heavy (non-hydrogen) atoms. The highest BCUT2D eigenvalue weighted by molar-refractivity contribution is 7.09. The summed E-state index contributed by atoms with van der Waals surface area (Å²) >= 11 is 1.37. The molecule has 2 aromatic rings. The number of aromatic nitrogens is 2. The predicted octanol–water partition coefficient (Wildman–Crippen LogP) is 1.80. The van der Waals surface area contributed by atoms with Crippen LogP contribution in [0.4, 0.5) is 0 Å². The number of nitrogens with two attached hydrogens (primary N) is 1. The summed E-state index contributed by atoms with van der Waals surface area (Å²) in [6.07, 6.45) is 1.55. The van der Waals surface area contributed by atoms with E-state index in [9.17, 15) is 4.79 Å². The molecule has 0 radical (unpaired) electrons. The van der Waals surface area contributed by atoms with Gasteiger partial charge in [0.05, 0.1) is 13.2 Å². The van der Waals surface area contributed by atoms with Crippen LogP contribution in [0.1, 0.15) is 34.2 Å². The maximum atomic E-state index is 12.2. The summed E-state index contributed by atoms with van der Waals surface area (Å²) in [5, 5.41) is 2.42. The van der Waals surface area contributed by atoms with Crippen LogP contribution in [-0.4, -0.2) is 22.9 Å². The van der Waals surface area contributed by atoms with Gasteiger partial charge in [0.2, 0.25) is 5.78 Å². The van der Waals surface area contributed by atoms with Crippen molar-refractivity contribution in [3.8, 4) is 5.75 Å². The molecule has 0 amide bonds. The number of nitrogens with zero attached hydrogens (tertiary/aromatic N) is 2. The van der Waals surface area contributed by atoms with Gasteiger partial charge in [0, 0.05) is 11.6 Å². The molecule has 0 aliphatic rings. The Kier molecular flexibility index (Phi) is 3.69. The standard InChI is InChI=1S/C12H13N3O2S/c1-7(13)12-15-8(6-18-12)11(16)10-9(17-2)4-3-5-14-10/h3-7H,13H2,1-2H3. The fraction of sp³-hybridized carbons (Fsp3) is 0.250. The first-order valence-electron chi connectivity index (χ1n) is 5.38. The minimum atomic E-state index is -0.254. The summed E-state index contributed by atoms with van der Waals surface area (Å²) in [7, 11) is 1.50. The van der Waals surface area contributed by atoms with Gasteiger partial charge in [0.15, 0.2) is 5.69 Å². The lowest BCUT2D eigenvalue weighted by Gasteiger charge is -2.04. The van der Waals surface area contributed by atoms with Gasteiger partial charge in [0.25, 0.3) is 0 Å². The molecular weight excluding hydrogens is 250 g/mol. The van der Waals surface area contributed by atoms with Crippen molar-refractivity contribution < 1.29 is 9.53 Å². The Labute approximate surface area is 109 Å². The van der Waals surface area contributed by atoms with Crippen LogP contribution >= 0.6 is 11.3 Å². The van der Waals surface area contributed by atoms with Gasteiger partial charge in [-0.05, 0) is 19.1 Å². The molecule has 0 aliphatic carbocycles. The van der Waals surface area contributed by atoms with Crippen LogP contribution < -0.4 is 10.5 Å². The molecule has 1 unspecified atom stereocenters. The van der Waals surface area contributed by atoms with Crippen LogP contribution in [0.25, 0.3) is 0 Å². The van der Waals surface area contributed by atoms with E-state index >= 15 is 0 Å². The second-order valence-corrected chi connectivity index (χ2v) is 4.63. The minimum Gasteiger partial charge on any atom is -0.494 e. The van der Waals surface area contributed by atoms with Crippen LogP contribution in [0.3, 0.4) is 0 Å². The third kappa shape index (κ3) is 2.39. The fourth-order valence-electron chi connectivity index (χ4n) is 1.45. The first-order chi connectivity index (χ1) is 8.63. The zero-order chi connectivity index (χ0) is 13.1. The van der Waals surface area contributed by atoms with E-state index in [0.717, 1.165) is 5.01 Å². The van der Waals surface area contributed by atoms with E-state index in [1.54, 1.807) is 23.7 Å². The zero-order valence-corrected chi connectivity index (χ0v) is 10.9. The van der Waals surface area contributed by atoms with Crippen molar-refractivity contribution in [1.29, 1.82) is 0 Å². The van der Waals surface area contributed by atoms with Gasteiger partial charge in [-0.3, -0.25) is 4.79 Å². The van der Waals surface area contributed by atoms with Gasteiger partial charge in [-0.15, -0.1) is 11.3 Å². The zero-order valence-electron chi connectivity index (χ0n) is 10.1. The maximum absolute atomic E-state index is 12.2. The topological polar surface area (TPSA) is 78.1 Å². The summed E-state index contributed by atoms with van der Waals surface area (Å²) < 4.78 is 5.11. The highest BCUT2D eigenvalue weighted by Crippen LogP contribution is 2.21. The van der Waals surface area contributed by atoms with Crippen LogP contribution in [-0.2, 0) is 0 Å². The average Bonchev–Trinajstić information content (AvgIpc) is 2.87. The number of rotatable bonds is 4. The monoisotopic (exact) mass is 263 g/mol. The molecule has 94 valence electrons. The molecule has 2 heterocycles. The van der Waals surface area contributed by atoms with Crippen LogP contribution in [0, 0.1) is 0 Å². The third-order valence-electron chi connectivity index (χ3n) is 2.35. The smallest absolute Gasteiger partial charge is 0.234 e. The van der Waals surface area contributed by atoms with E-state index in [0.29, 0.717) is 11.4 Å². The van der Waals surface area contributed by atoms with Gasteiger partial charge in [-0.1, -0.05) is 0 Å². The lowest BCUT2D eigenvalue weighted by molar-refractivity contribution is 0.102. The molecule has 1 atom stereocenters. The summed E-state index contributed by atoms with van der Waals surface area (Å²) in [6, 6.07) is 3.23. The molecule has 0 saturated heterocycles. The summed E-state index contributed by atoms with van der Waals surface area (Å²) in [4.78, 5) is 20.5. The number of methoxy groups -OCH3 is 1. The van der Waals surface area contributed by atoms with Gasteiger partial charge in [-0.2, -0.15) is 0 Å². The molecule has 5 nitrogen and oxygen atoms in total. The van der Waals surface area contributed by atoms with Crippen molar-refractivity contribution in [2.24, 2.45) is 5.73 Å². The molecule has 0 bridgehead atoms. The molecule has 0 spiro atoms. The Morgan fingerprint density at radius 1 is 1.56 bits per heavy atom. The Morgan fingerprint density at radius 3 is 2.94 bits per heavy atom. The van der Waals surface area contributed by atoms with E-state index in [2.05, 4.69) is 9.97 Å². The van der Waals surface area contributed by atoms with Gasteiger partial charge in [-0.25, -0.2) is 9.97 Å².